The van der Waals surface area contributed by atoms with Gasteiger partial charge in [0.1, 0.15) is 0 Å². The SMILES string of the molecule is O=C(OCC1CC1(c1ccccc1)c1ccccc1)[Se]c1ccccc1. The van der Waals surface area contributed by atoms with E-state index in [2.05, 4.69) is 48.5 Å². The Labute approximate surface area is 160 Å². The van der Waals surface area contributed by atoms with E-state index in [9.17, 15) is 4.79 Å². The Kier molecular flexibility index (Phi) is 4.92. The second-order valence-electron chi connectivity index (χ2n) is 6.58. The van der Waals surface area contributed by atoms with Gasteiger partial charge in [0, 0.05) is 0 Å². The van der Waals surface area contributed by atoms with Gasteiger partial charge in [0.25, 0.3) is 0 Å². The van der Waals surface area contributed by atoms with Gasteiger partial charge in [-0.2, -0.15) is 0 Å². The summed E-state index contributed by atoms with van der Waals surface area (Å²) in [5, 5.41) is 0. The first kappa shape index (κ1) is 17.1. The van der Waals surface area contributed by atoms with E-state index < -0.39 is 0 Å². The summed E-state index contributed by atoms with van der Waals surface area (Å²) in [5.41, 5.74) is 2.59. The van der Waals surface area contributed by atoms with Crippen LogP contribution in [0.4, 0.5) is 4.79 Å². The molecular formula is C23H20O2Se. The Morgan fingerprint density at radius 3 is 1.88 bits per heavy atom. The minimum absolute atomic E-state index is 0.0253. The van der Waals surface area contributed by atoms with E-state index in [1.807, 2.05) is 42.5 Å². The molecule has 0 aliphatic heterocycles. The number of hydrogen-bond donors (Lipinski definition) is 0. The Morgan fingerprint density at radius 2 is 1.35 bits per heavy atom. The third-order valence-electron chi connectivity index (χ3n) is 5.03. The molecule has 3 aromatic carbocycles. The van der Waals surface area contributed by atoms with Crippen LogP contribution in [0.25, 0.3) is 0 Å². The molecule has 1 unspecified atom stereocenters. The van der Waals surface area contributed by atoms with Crippen molar-refractivity contribution in [2.75, 3.05) is 6.61 Å². The maximum absolute atomic E-state index is 12.2. The molecule has 0 heterocycles. The molecular weight excluding hydrogens is 387 g/mol. The first-order valence-corrected chi connectivity index (χ1v) is 10.5. The second kappa shape index (κ2) is 7.49. The average Bonchev–Trinajstić information content (AvgIpc) is 3.44. The predicted molar refractivity (Wildman–Crippen MR) is 105 cm³/mol. The zero-order valence-electron chi connectivity index (χ0n) is 14.4. The van der Waals surface area contributed by atoms with Gasteiger partial charge in [-0.25, -0.2) is 0 Å². The van der Waals surface area contributed by atoms with Crippen LogP contribution in [0.5, 0.6) is 0 Å². The number of rotatable bonds is 6. The summed E-state index contributed by atoms with van der Waals surface area (Å²) in [6.45, 7) is 0.483. The van der Waals surface area contributed by atoms with E-state index in [0.717, 1.165) is 10.9 Å². The van der Waals surface area contributed by atoms with Crippen molar-refractivity contribution in [1.82, 2.24) is 0 Å². The van der Waals surface area contributed by atoms with Crippen LogP contribution < -0.4 is 4.46 Å². The van der Waals surface area contributed by atoms with Crippen molar-refractivity contribution in [2.24, 2.45) is 5.92 Å². The fourth-order valence-corrected chi connectivity index (χ4v) is 4.94. The summed E-state index contributed by atoms with van der Waals surface area (Å²) < 4.78 is 6.71. The van der Waals surface area contributed by atoms with Gasteiger partial charge in [-0.05, 0) is 0 Å². The molecule has 0 aromatic heterocycles. The molecule has 3 aromatic rings. The number of carbonyl (C=O) groups is 1. The monoisotopic (exact) mass is 408 g/mol. The molecule has 0 radical (unpaired) electrons. The maximum atomic E-state index is 12.2. The van der Waals surface area contributed by atoms with Crippen LogP contribution in [-0.2, 0) is 10.2 Å². The summed E-state index contributed by atoms with van der Waals surface area (Å²) in [4.78, 5) is 12.1. The minimum atomic E-state index is -0.279. The zero-order valence-corrected chi connectivity index (χ0v) is 16.1. The van der Waals surface area contributed by atoms with Crippen molar-refractivity contribution < 1.29 is 9.53 Å². The third kappa shape index (κ3) is 3.46. The van der Waals surface area contributed by atoms with Gasteiger partial charge in [0.15, 0.2) is 0 Å². The van der Waals surface area contributed by atoms with Gasteiger partial charge in [-0.3, -0.25) is 0 Å². The Morgan fingerprint density at radius 1 is 0.846 bits per heavy atom. The van der Waals surface area contributed by atoms with Crippen molar-refractivity contribution >= 4 is 24.3 Å². The standard InChI is InChI=1S/C23H20O2Se/c24-22(26-21-14-8-3-9-15-21)25-17-20-16-23(20,18-10-4-1-5-11-18)19-12-6-2-7-13-19/h1-15,20H,16-17H2. The van der Waals surface area contributed by atoms with Crippen LogP contribution in [0.1, 0.15) is 17.5 Å². The van der Waals surface area contributed by atoms with Gasteiger partial charge in [0.05, 0.1) is 0 Å². The fourth-order valence-electron chi connectivity index (χ4n) is 3.66. The van der Waals surface area contributed by atoms with E-state index in [1.54, 1.807) is 0 Å². The van der Waals surface area contributed by atoms with E-state index in [4.69, 9.17) is 4.74 Å². The Hall–Kier alpha value is -2.35. The Bertz CT molecular complexity index is 823. The molecule has 2 nitrogen and oxygen atoms in total. The van der Waals surface area contributed by atoms with Gasteiger partial charge in [-0.15, -0.1) is 0 Å². The molecule has 130 valence electrons. The number of hydrogen-bond acceptors (Lipinski definition) is 2. The molecule has 0 bridgehead atoms. The zero-order chi connectivity index (χ0) is 17.8. The summed E-state index contributed by atoms with van der Waals surface area (Å²) >= 11 is -0.279. The van der Waals surface area contributed by atoms with Crippen LogP contribution in [0, 0.1) is 5.92 Å². The normalized spacial score (nSPS) is 17.5. The molecule has 0 saturated heterocycles. The van der Waals surface area contributed by atoms with Gasteiger partial charge >= 0.3 is 160 Å². The van der Waals surface area contributed by atoms with Gasteiger partial charge in [0.2, 0.25) is 0 Å². The average molecular weight is 407 g/mol. The molecule has 0 N–H and O–H groups in total. The van der Waals surface area contributed by atoms with Crippen LogP contribution in [-0.4, -0.2) is 26.4 Å². The molecule has 0 amide bonds. The molecule has 0 spiro atoms. The summed E-state index contributed by atoms with van der Waals surface area (Å²) in [5.74, 6) is 0.336. The van der Waals surface area contributed by atoms with E-state index in [0.29, 0.717) is 12.5 Å². The molecule has 26 heavy (non-hydrogen) atoms. The fraction of sp³-hybridized carbons (Fsp3) is 0.174. The topological polar surface area (TPSA) is 26.3 Å². The number of carbonyl (C=O) groups excluding carboxylic acids is 1. The van der Waals surface area contributed by atoms with Crippen molar-refractivity contribution in [3.63, 3.8) is 0 Å². The molecule has 1 atom stereocenters. The van der Waals surface area contributed by atoms with Crippen molar-refractivity contribution in [2.45, 2.75) is 11.8 Å². The van der Waals surface area contributed by atoms with Crippen molar-refractivity contribution in [1.29, 1.82) is 0 Å². The van der Waals surface area contributed by atoms with Crippen LogP contribution in [0.15, 0.2) is 91.0 Å². The molecule has 1 aliphatic rings. The predicted octanol–water partition coefficient (Wildman–Crippen LogP) is 4.16. The van der Waals surface area contributed by atoms with Crippen LogP contribution in [0.3, 0.4) is 0 Å². The quantitative estimate of drug-likeness (QED) is 0.574. The first-order chi connectivity index (χ1) is 12.8. The van der Waals surface area contributed by atoms with E-state index >= 15 is 0 Å². The van der Waals surface area contributed by atoms with Gasteiger partial charge in [-0.1, -0.05) is 0 Å². The second-order valence-corrected chi connectivity index (χ2v) is 8.70. The van der Waals surface area contributed by atoms with Gasteiger partial charge < -0.3 is 0 Å². The molecule has 1 fully saturated rings. The molecule has 1 saturated carbocycles. The number of ether oxygens (including phenoxy) is 1. The van der Waals surface area contributed by atoms with E-state index in [1.165, 1.54) is 11.1 Å². The summed E-state index contributed by atoms with van der Waals surface area (Å²) in [6, 6.07) is 31.0. The number of benzene rings is 3. The summed E-state index contributed by atoms with van der Waals surface area (Å²) in [7, 11) is 0. The van der Waals surface area contributed by atoms with Crippen LogP contribution >= 0.6 is 0 Å². The Balaban J connectivity index is 1.47. The molecule has 3 heteroatoms. The molecule has 4 rings (SSSR count). The van der Waals surface area contributed by atoms with Crippen molar-refractivity contribution in [3.05, 3.63) is 102 Å². The van der Waals surface area contributed by atoms with Crippen molar-refractivity contribution in [3.8, 4) is 0 Å². The molecule has 1 aliphatic carbocycles. The van der Waals surface area contributed by atoms with Crippen LogP contribution in [0.2, 0.25) is 0 Å². The summed E-state index contributed by atoms with van der Waals surface area (Å²) in [6.07, 6.45) is 1.02. The first-order valence-electron chi connectivity index (χ1n) is 8.80. The van der Waals surface area contributed by atoms with E-state index in [-0.39, 0.29) is 25.2 Å². The third-order valence-corrected chi connectivity index (χ3v) is 6.69.